The molecule has 2 aromatic rings. The van der Waals surface area contributed by atoms with Crippen LogP contribution in [0.4, 0.5) is 0 Å². The number of hydrogen-bond donors (Lipinski definition) is 1. The number of thioether (sulfide) groups is 1. The fraction of sp³-hybridized carbons (Fsp3) is 0.381. The van der Waals surface area contributed by atoms with E-state index in [1.165, 1.54) is 0 Å². The van der Waals surface area contributed by atoms with Crippen LogP contribution in [0, 0.1) is 54.8 Å². The highest BCUT2D eigenvalue weighted by atomic mass is 32.2. The van der Waals surface area contributed by atoms with Gasteiger partial charge in [0, 0.05) is 28.4 Å². The molecular weight excluding hydrogens is 402 g/mol. The Morgan fingerprint density at radius 3 is 2.60 bits per heavy atom. The van der Waals surface area contributed by atoms with Crippen LogP contribution in [-0.2, 0) is 4.79 Å². The molecule has 0 bridgehead atoms. The second-order valence-corrected chi connectivity index (χ2v) is 8.70. The molecule has 8 nitrogen and oxygen atoms in total. The summed E-state index contributed by atoms with van der Waals surface area (Å²) in [4.78, 5) is 25.2. The molecule has 0 fully saturated rings. The number of aryl methyl sites for hydroxylation is 2. The predicted octanol–water partition coefficient (Wildman–Crippen LogP) is 3.34. The standard InChI is InChI=1S/C21H21N5O3S/c1-11-6-14(13(3)26(11)18-7-12(2)29-25-18)17(27)10-30-20-16(9-23)21(4,5)15(8-22)19(28)24-20/h6-7,15H,10H2,1-5H3,(H,24,28)/t15-/m1/s1. The van der Waals surface area contributed by atoms with Crippen LogP contribution >= 0.6 is 11.8 Å². The molecule has 1 aliphatic rings. The van der Waals surface area contributed by atoms with E-state index in [0.717, 1.165) is 23.1 Å². The molecule has 1 amide bonds. The SMILES string of the molecule is Cc1cc(-n2c(C)cc(C(=O)CSC3=C(C#N)C(C)(C)[C@H](C#N)C(=O)N3)c2C)no1. The lowest BCUT2D eigenvalue weighted by molar-refractivity contribution is -0.125. The topological polar surface area (TPSA) is 125 Å². The average Bonchev–Trinajstić information content (AvgIpc) is 3.21. The summed E-state index contributed by atoms with van der Waals surface area (Å²) in [5.41, 5.74) is 1.48. The van der Waals surface area contributed by atoms with Crippen molar-refractivity contribution >= 4 is 23.5 Å². The Balaban J connectivity index is 1.86. The first kappa shape index (κ1) is 21.4. The molecule has 0 unspecified atom stereocenters. The summed E-state index contributed by atoms with van der Waals surface area (Å²) in [7, 11) is 0. The van der Waals surface area contributed by atoms with E-state index in [9.17, 15) is 20.1 Å². The maximum absolute atomic E-state index is 12.9. The third kappa shape index (κ3) is 3.53. The molecule has 0 aromatic carbocycles. The molecule has 3 rings (SSSR count). The van der Waals surface area contributed by atoms with Gasteiger partial charge in [0.15, 0.2) is 11.6 Å². The molecule has 154 valence electrons. The Kier molecular flexibility index (Phi) is 5.60. The zero-order chi connectivity index (χ0) is 22.2. The average molecular weight is 423 g/mol. The number of hydrogen-bond acceptors (Lipinski definition) is 7. The van der Waals surface area contributed by atoms with Crippen molar-refractivity contribution in [2.75, 3.05) is 5.75 Å². The Labute approximate surface area is 178 Å². The van der Waals surface area contributed by atoms with Crippen molar-refractivity contribution in [3.8, 4) is 18.0 Å². The lowest BCUT2D eigenvalue weighted by Crippen LogP contribution is -2.44. The molecule has 1 aliphatic heterocycles. The number of carbonyl (C=O) groups excluding carboxylic acids is 2. The number of Topliss-reactive ketones (excluding diaryl/α,β-unsaturated/α-hetero) is 1. The lowest BCUT2D eigenvalue weighted by atomic mass is 9.72. The molecule has 0 saturated carbocycles. The fourth-order valence-corrected chi connectivity index (χ4v) is 4.66. The third-order valence-electron chi connectivity index (χ3n) is 5.26. The van der Waals surface area contributed by atoms with Gasteiger partial charge in [-0.05, 0) is 26.8 Å². The number of nitriles is 2. The van der Waals surface area contributed by atoms with Gasteiger partial charge in [0.05, 0.1) is 28.5 Å². The molecule has 0 radical (unpaired) electrons. The van der Waals surface area contributed by atoms with Gasteiger partial charge in [-0.3, -0.25) is 14.2 Å². The Bertz CT molecular complexity index is 1160. The minimum absolute atomic E-state index is 0.0379. The van der Waals surface area contributed by atoms with Crippen LogP contribution in [0.15, 0.2) is 27.3 Å². The number of amides is 1. The van der Waals surface area contributed by atoms with Gasteiger partial charge in [-0.2, -0.15) is 10.5 Å². The van der Waals surface area contributed by atoms with E-state index < -0.39 is 17.2 Å². The number of carbonyl (C=O) groups is 2. The first-order valence-corrected chi connectivity index (χ1v) is 10.2. The summed E-state index contributed by atoms with van der Waals surface area (Å²) >= 11 is 1.10. The van der Waals surface area contributed by atoms with E-state index in [0.29, 0.717) is 27.7 Å². The molecule has 30 heavy (non-hydrogen) atoms. The molecule has 1 atom stereocenters. The zero-order valence-electron chi connectivity index (χ0n) is 17.4. The van der Waals surface area contributed by atoms with Crippen molar-refractivity contribution in [1.29, 1.82) is 10.5 Å². The molecule has 0 spiro atoms. The largest absolute Gasteiger partial charge is 0.360 e. The van der Waals surface area contributed by atoms with E-state index in [4.69, 9.17) is 4.52 Å². The summed E-state index contributed by atoms with van der Waals surface area (Å²) < 4.78 is 6.98. The number of nitrogens with zero attached hydrogens (tertiary/aromatic N) is 4. The Hall–Kier alpha value is -3.30. The quantitative estimate of drug-likeness (QED) is 0.731. The van der Waals surface area contributed by atoms with Crippen molar-refractivity contribution in [2.24, 2.45) is 11.3 Å². The molecule has 9 heteroatoms. The lowest BCUT2D eigenvalue weighted by Gasteiger charge is -2.34. The highest BCUT2D eigenvalue weighted by molar-refractivity contribution is 8.03. The van der Waals surface area contributed by atoms with Crippen molar-refractivity contribution in [3.05, 3.63) is 45.4 Å². The second-order valence-electron chi connectivity index (χ2n) is 7.72. The van der Waals surface area contributed by atoms with Crippen LogP contribution in [0.3, 0.4) is 0 Å². The number of rotatable bonds is 5. The van der Waals surface area contributed by atoms with Gasteiger partial charge < -0.3 is 9.84 Å². The van der Waals surface area contributed by atoms with Gasteiger partial charge >= 0.3 is 0 Å². The second kappa shape index (κ2) is 7.85. The van der Waals surface area contributed by atoms with E-state index >= 15 is 0 Å². The minimum Gasteiger partial charge on any atom is -0.360 e. The van der Waals surface area contributed by atoms with E-state index in [2.05, 4.69) is 16.5 Å². The Morgan fingerprint density at radius 2 is 2.03 bits per heavy atom. The summed E-state index contributed by atoms with van der Waals surface area (Å²) in [6.45, 7) is 8.88. The molecule has 0 aliphatic carbocycles. The van der Waals surface area contributed by atoms with Crippen LogP contribution in [-0.4, -0.2) is 27.2 Å². The maximum atomic E-state index is 12.9. The number of nitrogens with one attached hydrogen (secondary N) is 1. The van der Waals surface area contributed by atoms with E-state index in [1.54, 1.807) is 32.9 Å². The molecular formula is C21H21N5O3S. The van der Waals surface area contributed by atoms with Gasteiger partial charge in [0.1, 0.15) is 11.7 Å². The van der Waals surface area contributed by atoms with Crippen LogP contribution in [0.5, 0.6) is 0 Å². The van der Waals surface area contributed by atoms with Crippen molar-refractivity contribution in [2.45, 2.75) is 34.6 Å². The van der Waals surface area contributed by atoms with Gasteiger partial charge in [-0.15, -0.1) is 0 Å². The van der Waals surface area contributed by atoms with Gasteiger partial charge in [0.25, 0.3) is 0 Å². The normalized spacial score (nSPS) is 18.0. The predicted molar refractivity (Wildman–Crippen MR) is 110 cm³/mol. The van der Waals surface area contributed by atoms with Crippen LogP contribution in [0.1, 0.15) is 41.4 Å². The van der Waals surface area contributed by atoms with Gasteiger partial charge in [-0.1, -0.05) is 30.8 Å². The van der Waals surface area contributed by atoms with Crippen molar-refractivity contribution < 1.29 is 14.1 Å². The van der Waals surface area contributed by atoms with E-state index in [1.807, 2.05) is 24.5 Å². The van der Waals surface area contributed by atoms with E-state index in [-0.39, 0.29) is 11.5 Å². The summed E-state index contributed by atoms with van der Waals surface area (Å²) in [6.07, 6.45) is 0. The van der Waals surface area contributed by atoms with Crippen LogP contribution in [0.2, 0.25) is 0 Å². The van der Waals surface area contributed by atoms with Gasteiger partial charge in [-0.25, -0.2) is 0 Å². The third-order valence-corrected chi connectivity index (χ3v) is 6.26. The summed E-state index contributed by atoms with van der Waals surface area (Å²) in [5, 5.41) is 25.9. The first-order valence-electron chi connectivity index (χ1n) is 9.25. The highest BCUT2D eigenvalue weighted by Gasteiger charge is 2.44. The van der Waals surface area contributed by atoms with Crippen molar-refractivity contribution in [3.63, 3.8) is 0 Å². The Morgan fingerprint density at radius 1 is 1.33 bits per heavy atom. The highest BCUT2D eigenvalue weighted by Crippen LogP contribution is 2.42. The molecule has 0 saturated heterocycles. The first-order chi connectivity index (χ1) is 14.1. The molecule has 3 heterocycles. The summed E-state index contributed by atoms with van der Waals surface area (Å²) in [5.74, 6) is -0.251. The maximum Gasteiger partial charge on any atom is 0.243 e. The van der Waals surface area contributed by atoms with Crippen LogP contribution < -0.4 is 5.32 Å². The smallest absolute Gasteiger partial charge is 0.243 e. The molecule has 1 N–H and O–H groups in total. The monoisotopic (exact) mass is 423 g/mol. The number of allylic oxidation sites excluding steroid dienone is 1. The number of aromatic nitrogens is 2. The van der Waals surface area contributed by atoms with Crippen molar-refractivity contribution in [1.82, 2.24) is 15.0 Å². The van der Waals surface area contributed by atoms with Gasteiger partial charge in [0.2, 0.25) is 5.91 Å². The minimum atomic E-state index is -0.961. The zero-order valence-corrected chi connectivity index (χ0v) is 18.2. The fourth-order valence-electron chi connectivity index (χ4n) is 3.61. The van der Waals surface area contributed by atoms with Crippen LogP contribution in [0.25, 0.3) is 5.82 Å². The number of ketones is 1. The summed E-state index contributed by atoms with van der Waals surface area (Å²) in [6, 6.07) is 7.64. The molecule has 2 aromatic heterocycles.